The lowest BCUT2D eigenvalue weighted by molar-refractivity contribution is -0.250. The summed E-state index contributed by atoms with van der Waals surface area (Å²) in [5.74, 6) is -1.30. The molecule has 1 fully saturated rings. The minimum absolute atomic E-state index is 0.0834. The van der Waals surface area contributed by atoms with Gasteiger partial charge >= 0.3 is 6.18 Å². The van der Waals surface area contributed by atoms with Crippen LogP contribution >= 0.6 is 0 Å². The summed E-state index contributed by atoms with van der Waals surface area (Å²) in [6, 6.07) is -0.0834. The molecule has 0 aromatic carbocycles. The van der Waals surface area contributed by atoms with Crippen molar-refractivity contribution >= 4 is 5.91 Å². The summed E-state index contributed by atoms with van der Waals surface area (Å²) < 4.78 is 37.2. The van der Waals surface area contributed by atoms with Crippen LogP contribution in [0.25, 0.3) is 0 Å². The first-order chi connectivity index (χ1) is 7.16. The Balaban J connectivity index is 2.71. The van der Waals surface area contributed by atoms with E-state index < -0.39 is 17.7 Å². The molecule has 0 saturated carbocycles. The molecule has 7 heteroatoms. The molecule has 0 bridgehead atoms. The number of likely N-dealkylation sites (tertiary alicyclic amines) is 1. The van der Waals surface area contributed by atoms with Gasteiger partial charge in [0.2, 0.25) is 5.60 Å². The van der Waals surface area contributed by atoms with Crippen LogP contribution in [0.15, 0.2) is 0 Å². The van der Waals surface area contributed by atoms with E-state index in [0.717, 1.165) is 4.90 Å². The lowest BCUT2D eigenvalue weighted by atomic mass is 10.0. The third kappa shape index (κ3) is 2.46. The van der Waals surface area contributed by atoms with E-state index in [0.29, 0.717) is 19.8 Å². The second kappa shape index (κ2) is 4.21. The van der Waals surface area contributed by atoms with Gasteiger partial charge in [-0.2, -0.15) is 13.2 Å². The first kappa shape index (κ1) is 13.2. The van der Waals surface area contributed by atoms with Gasteiger partial charge in [0, 0.05) is 19.1 Å². The Bertz CT molecular complexity index is 270. The van der Waals surface area contributed by atoms with E-state index in [9.17, 15) is 23.1 Å². The van der Waals surface area contributed by atoms with E-state index in [1.807, 2.05) is 0 Å². The zero-order valence-electron chi connectivity index (χ0n) is 8.92. The quantitative estimate of drug-likeness (QED) is 0.690. The molecule has 94 valence electrons. The summed E-state index contributed by atoms with van der Waals surface area (Å²) in [4.78, 5) is 12.5. The number of amides is 1. The van der Waals surface area contributed by atoms with E-state index in [-0.39, 0.29) is 19.1 Å². The Morgan fingerprint density at radius 3 is 2.19 bits per heavy atom. The summed E-state index contributed by atoms with van der Waals surface area (Å²) in [7, 11) is 0. The first-order valence-electron chi connectivity index (χ1n) is 5.00. The Kier molecular flexibility index (Phi) is 3.49. The average molecular weight is 240 g/mol. The van der Waals surface area contributed by atoms with Crippen LogP contribution in [0.5, 0.6) is 0 Å². The van der Waals surface area contributed by atoms with Crippen molar-refractivity contribution in [2.75, 3.05) is 13.1 Å². The number of rotatable bonds is 1. The van der Waals surface area contributed by atoms with Gasteiger partial charge in [-0.25, -0.2) is 0 Å². The number of aliphatic hydroxyl groups is 1. The lowest BCUT2D eigenvalue weighted by Gasteiger charge is -2.35. The van der Waals surface area contributed by atoms with Crippen molar-refractivity contribution in [3.63, 3.8) is 0 Å². The average Bonchev–Trinajstić information content (AvgIpc) is 2.16. The molecule has 16 heavy (non-hydrogen) atoms. The van der Waals surface area contributed by atoms with Gasteiger partial charge in [-0.3, -0.25) is 4.79 Å². The summed E-state index contributed by atoms with van der Waals surface area (Å²) in [5, 5.41) is 9.19. The molecule has 0 unspecified atom stereocenters. The van der Waals surface area contributed by atoms with Gasteiger partial charge in [0.25, 0.3) is 5.91 Å². The normalized spacial score (nSPS) is 23.0. The van der Waals surface area contributed by atoms with E-state index >= 15 is 0 Å². The molecule has 0 radical (unpaired) electrons. The van der Waals surface area contributed by atoms with Crippen molar-refractivity contribution in [1.82, 2.24) is 4.90 Å². The monoisotopic (exact) mass is 240 g/mol. The summed E-state index contributed by atoms with van der Waals surface area (Å²) in [6.45, 7) is 0.794. The largest absolute Gasteiger partial charge is 0.426 e. The summed E-state index contributed by atoms with van der Waals surface area (Å²) in [6.07, 6.45) is -4.04. The van der Waals surface area contributed by atoms with Crippen molar-refractivity contribution in [1.29, 1.82) is 0 Å². The number of halogens is 3. The maximum atomic E-state index is 12.4. The first-order valence-corrected chi connectivity index (χ1v) is 5.00. The van der Waals surface area contributed by atoms with E-state index in [1.165, 1.54) is 0 Å². The van der Waals surface area contributed by atoms with Crippen LogP contribution in [0.3, 0.4) is 0 Å². The highest BCUT2D eigenvalue weighted by Gasteiger charge is 2.57. The molecule has 0 aliphatic carbocycles. The lowest BCUT2D eigenvalue weighted by Crippen LogP contribution is -2.58. The van der Waals surface area contributed by atoms with Crippen molar-refractivity contribution in [2.45, 2.75) is 37.6 Å². The van der Waals surface area contributed by atoms with Crippen LogP contribution in [-0.2, 0) is 4.79 Å². The number of carbonyl (C=O) groups excluding carboxylic acids is 1. The predicted molar refractivity (Wildman–Crippen MR) is 50.5 cm³/mol. The zero-order valence-corrected chi connectivity index (χ0v) is 8.92. The number of nitrogens with two attached hydrogens (primary N) is 1. The molecule has 0 aromatic rings. The van der Waals surface area contributed by atoms with Crippen LogP contribution in [-0.4, -0.2) is 46.8 Å². The molecule has 0 spiro atoms. The Morgan fingerprint density at radius 2 is 1.81 bits per heavy atom. The Hall–Kier alpha value is -0.820. The molecule has 0 aromatic heterocycles. The second-order valence-corrected chi connectivity index (χ2v) is 4.20. The van der Waals surface area contributed by atoms with Gasteiger partial charge in [-0.15, -0.1) is 0 Å². The standard InChI is InChI=1S/C9H15F3N2O2/c1-8(16,9(10,11)12)7(15)14-4-2-6(13)3-5-14/h6,16H,2-5,13H2,1H3/t8-/m1/s1. The molecule has 4 nitrogen and oxygen atoms in total. The van der Waals surface area contributed by atoms with Crippen LogP contribution < -0.4 is 5.73 Å². The van der Waals surface area contributed by atoms with Crippen LogP contribution in [0.1, 0.15) is 19.8 Å². The molecule has 1 amide bonds. The maximum Gasteiger partial charge on any atom is 0.426 e. The minimum Gasteiger partial charge on any atom is -0.373 e. The molecule has 1 heterocycles. The third-order valence-corrected chi connectivity index (χ3v) is 2.80. The van der Waals surface area contributed by atoms with Crippen LogP contribution in [0.4, 0.5) is 13.2 Å². The fourth-order valence-electron chi connectivity index (χ4n) is 1.53. The SMILES string of the molecule is C[C@@](O)(C(=O)N1CCC(N)CC1)C(F)(F)F. The molecular weight excluding hydrogens is 225 g/mol. The molecular formula is C9H15F3N2O2. The zero-order chi connectivity index (χ0) is 12.6. The molecule has 1 atom stereocenters. The van der Waals surface area contributed by atoms with Crippen LogP contribution in [0.2, 0.25) is 0 Å². The third-order valence-electron chi connectivity index (χ3n) is 2.80. The highest BCUT2D eigenvalue weighted by molar-refractivity contribution is 5.85. The van der Waals surface area contributed by atoms with Gasteiger partial charge in [-0.1, -0.05) is 0 Å². The number of nitrogens with zero attached hydrogens (tertiary/aromatic N) is 1. The van der Waals surface area contributed by atoms with Crippen molar-refractivity contribution in [3.8, 4) is 0 Å². The molecule has 1 rings (SSSR count). The summed E-state index contributed by atoms with van der Waals surface area (Å²) in [5.41, 5.74) is 2.26. The highest BCUT2D eigenvalue weighted by Crippen LogP contribution is 2.32. The Morgan fingerprint density at radius 1 is 1.38 bits per heavy atom. The van der Waals surface area contributed by atoms with Crippen molar-refractivity contribution < 1.29 is 23.1 Å². The minimum atomic E-state index is -4.95. The van der Waals surface area contributed by atoms with E-state index in [1.54, 1.807) is 0 Å². The number of alkyl halides is 3. The van der Waals surface area contributed by atoms with Crippen molar-refractivity contribution in [3.05, 3.63) is 0 Å². The topological polar surface area (TPSA) is 66.6 Å². The van der Waals surface area contributed by atoms with E-state index in [4.69, 9.17) is 5.73 Å². The van der Waals surface area contributed by atoms with Gasteiger partial charge in [0.15, 0.2) is 0 Å². The number of piperidine rings is 1. The van der Waals surface area contributed by atoms with Gasteiger partial charge in [0.05, 0.1) is 0 Å². The smallest absolute Gasteiger partial charge is 0.373 e. The molecule has 1 aliphatic rings. The van der Waals surface area contributed by atoms with Gasteiger partial charge < -0.3 is 15.7 Å². The number of carbonyl (C=O) groups is 1. The van der Waals surface area contributed by atoms with Gasteiger partial charge in [0.1, 0.15) is 0 Å². The van der Waals surface area contributed by atoms with Crippen molar-refractivity contribution in [2.24, 2.45) is 5.73 Å². The van der Waals surface area contributed by atoms with Gasteiger partial charge in [-0.05, 0) is 19.8 Å². The van der Waals surface area contributed by atoms with Crippen LogP contribution in [0, 0.1) is 0 Å². The fourth-order valence-corrected chi connectivity index (χ4v) is 1.53. The number of hydrogen-bond acceptors (Lipinski definition) is 3. The molecule has 1 saturated heterocycles. The molecule has 3 N–H and O–H groups in total. The highest BCUT2D eigenvalue weighted by atomic mass is 19.4. The second-order valence-electron chi connectivity index (χ2n) is 4.20. The number of hydrogen-bond donors (Lipinski definition) is 2. The molecule has 1 aliphatic heterocycles. The Labute approximate surface area is 91.2 Å². The van der Waals surface area contributed by atoms with E-state index in [2.05, 4.69) is 0 Å². The predicted octanol–water partition coefficient (Wildman–Crippen LogP) is 0.249. The summed E-state index contributed by atoms with van der Waals surface area (Å²) >= 11 is 0. The maximum absolute atomic E-state index is 12.4. The fraction of sp³-hybridized carbons (Fsp3) is 0.889.